The van der Waals surface area contributed by atoms with Gasteiger partial charge < -0.3 is 14.3 Å². The molecule has 1 aliphatic heterocycles. The van der Waals surface area contributed by atoms with Crippen molar-refractivity contribution in [1.82, 2.24) is 0 Å². The van der Waals surface area contributed by atoms with Crippen LogP contribution >= 0.6 is 0 Å². The van der Waals surface area contributed by atoms with Crippen LogP contribution in [-0.2, 0) is 21.0 Å². The summed E-state index contributed by atoms with van der Waals surface area (Å²) in [5.74, 6) is -0.741. The summed E-state index contributed by atoms with van der Waals surface area (Å²) in [5.41, 5.74) is 1.16. The summed E-state index contributed by atoms with van der Waals surface area (Å²) >= 11 is 0. The van der Waals surface area contributed by atoms with Gasteiger partial charge in [-0.05, 0) is 18.2 Å². The lowest BCUT2D eigenvalue weighted by molar-refractivity contribution is -0.385. The second kappa shape index (κ2) is 7.81. The normalized spacial score (nSPS) is 15.6. The van der Waals surface area contributed by atoms with Crippen LogP contribution in [0.15, 0.2) is 47.6 Å². The minimum atomic E-state index is -0.965. The summed E-state index contributed by atoms with van der Waals surface area (Å²) < 4.78 is 23.6. The standard InChI is InChI=1S/C18H15FN2O6/c1-25-16-6-5-14(21(23)24)8-12(16)10-26-18(22)17-9-15(20-27-17)11-3-2-4-13(19)7-11/h2-8,17H,9-10H2,1H3. The lowest BCUT2D eigenvalue weighted by atomic mass is 10.1. The number of hydrogen-bond donors (Lipinski definition) is 0. The van der Waals surface area contributed by atoms with Crippen LogP contribution < -0.4 is 4.74 Å². The van der Waals surface area contributed by atoms with Crippen molar-refractivity contribution in [2.75, 3.05) is 7.11 Å². The number of benzene rings is 2. The quantitative estimate of drug-likeness (QED) is 0.438. The topological polar surface area (TPSA) is 100 Å². The molecule has 0 saturated heterocycles. The van der Waals surface area contributed by atoms with E-state index in [0.717, 1.165) is 0 Å². The number of hydrogen-bond acceptors (Lipinski definition) is 7. The van der Waals surface area contributed by atoms with E-state index in [2.05, 4.69) is 5.16 Å². The van der Waals surface area contributed by atoms with Gasteiger partial charge in [0, 0.05) is 29.7 Å². The first kappa shape index (κ1) is 18.3. The van der Waals surface area contributed by atoms with E-state index < -0.39 is 22.8 Å². The smallest absolute Gasteiger partial charge is 0.350 e. The molecule has 0 bridgehead atoms. The Bertz CT molecular complexity index is 914. The summed E-state index contributed by atoms with van der Waals surface area (Å²) in [5, 5.41) is 14.7. The highest BCUT2D eigenvalue weighted by Crippen LogP contribution is 2.25. The van der Waals surface area contributed by atoms with Crippen LogP contribution in [0.25, 0.3) is 0 Å². The number of rotatable bonds is 6. The summed E-state index contributed by atoms with van der Waals surface area (Å²) in [4.78, 5) is 27.6. The maximum Gasteiger partial charge on any atom is 0.350 e. The second-order valence-corrected chi connectivity index (χ2v) is 5.71. The summed E-state index contributed by atoms with van der Waals surface area (Å²) in [6, 6.07) is 9.79. The van der Waals surface area contributed by atoms with E-state index in [-0.39, 0.29) is 18.7 Å². The highest BCUT2D eigenvalue weighted by molar-refractivity contribution is 6.03. The number of nitro benzene ring substituents is 1. The Labute approximate surface area is 153 Å². The molecule has 140 valence electrons. The van der Waals surface area contributed by atoms with E-state index in [4.69, 9.17) is 14.3 Å². The Hall–Kier alpha value is -3.49. The van der Waals surface area contributed by atoms with Gasteiger partial charge in [-0.2, -0.15) is 0 Å². The molecular formula is C18H15FN2O6. The van der Waals surface area contributed by atoms with Gasteiger partial charge in [0.15, 0.2) is 0 Å². The predicted octanol–water partition coefficient (Wildman–Crippen LogP) is 2.98. The molecule has 0 saturated carbocycles. The maximum absolute atomic E-state index is 13.3. The molecule has 1 aliphatic rings. The van der Waals surface area contributed by atoms with Crippen molar-refractivity contribution in [2.24, 2.45) is 5.16 Å². The summed E-state index contributed by atoms with van der Waals surface area (Å²) in [6.45, 7) is -0.223. The molecule has 8 nitrogen and oxygen atoms in total. The first-order chi connectivity index (χ1) is 13.0. The number of non-ortho nitro benzene ring substituents is 1. The van der Waals surface area contributed by atoms with Crippen molar-refractivity contribution in [3.05, 3.63) is 69.5 Å². The molecule has 0 amide bonds. The number of oxime groups is 1. The molecule has 1 atom stereocenters. The van der Waals surface area contributed by atoms with Gasteiger partial charge in [0.1, 0.15) is 18.2 Å². The van der Waals surface area contributed by atoms with E-state index in [9.17, 15) is 19.3 Å². The number of nitrogens with zero attached hydrogens (tertiary/aromatic N) is 2. The molecular weight excluding hydrogens is 359 g/mol. The average molecular weight is 374 g/mol. The Balaban J connectivity index is 1.62. The van der Waals surface area contributed by atoms with Crippen LogP contribution in [0.5, 0.6) is 5.75 Å². The molecule has 1 heterocycles. The predicted molar refractivity (Wildman–Crippen MR) is 91.9 cm³/mol. The molecule has 2 aromatic rings. The van der Waals surface area contributed by atoms with Crippen LogP contribution in [-0.4, -0.2) is 29.8 Å². The first-order valence-corrected chi connectivity index (χ1v) is 7.94. The molecule has 27 heavy (non-hydrogen) atoms. The van der Waals surface area contributed by atoms with E-state index in [1.165, 1.54) is 43.5 Å². The lowest BCUT2D eigenvalue weighted by Gasteiger charge is -2.11. The number of esters is 1. The Morgan fingerprint density at radius 2 is 2.19 bits per heavy atom. The number of carbonyl (C=O) groups excluding carboxylic acids is 1. The lowest BCUT2D eigenvalue weighted by Crippen LogP contribution is -2.23. The SMILES string of the molecule is COc1ccc([N+](=O)[O-])cc1COC(=O)C1CC(c2cccc(F)c2)=NO1. The van der Waals surface area contributed by atoms with Gasteiger partial charge in [0.2, 0.25) is 6.10 Å². The Kier molecular flexibility index (Phi) is 5.30. The van der Waals surface area contributed by atoms with Crippen molar-refractivity contribution < 1.29 is 28.4 Å². The average Bonchev–Trinajstić information content (AvgIpc) is 3.16. The van der Waals surface area contributed by atoms with Crippen LogP contribution in [0.2, 0.25) is 0 Å². The minimum absolute atomic E-state index is 0.133. The van der Waals surface area contributed by atoms with Gasteiger partial charge in [-0.3, -0.25) is 10.1 Å². The zero-order valence-electron chi connectivity index (χ0n) is 14.3. The molecule has 0 N–H and O–H groups in total. The van der Waals surface area contributed by atoms with Crippen LogP contribution in [0, 0.1) is 15.9 Å². The Morgan fingerprint density at radius 1 is 1.37 bits per heavy atom. The summed E-state index contributed by atoms with van der Waals surface area (Å²) in [7, 11) is 1.41. The first-order valence-electron chi connectivity index (χ1n) is 7.94. The third-order valence-electron chi connectivity index (χ3n) is 3.93. The van der Waals surface area contributed by atoms with Crippen molar-refractivity contribution in [2.45, 2.75) is 19.1 Å². The number of ether oxygens (including phenoxy) is 2. The van der Waals surface area contributed by atoms with E-state index in [1.807, 2.05) is 0 Å². The molecule has 0 aromatic heterocycles. The molecule has 0 radical (unpaired) electrons. The number of halogens is 1. The van der Waals surface area contributed by atoms with Crippen molar-refractivity contribution in [3.8, 4) is 5.75 Å². The maximum atomic E-state index is 13.3. The molecule has 2 aromatic carbocycles. The van der Waals surface area contributed by atoms with Crippen molar-refractivity contribution >= 4 is 17.4 Å². The van der Waals surface area contributed by atoms with Gasteiger partial charge >= 0.3 is 5.97 Å². The largest absolute Gasteiger partial charge is 0.496 e. The second-order valence-electron chi connectivity index (χ2n) is 5.71. The minimum Gasteiger partial charge on any atom is -0.496 e. The number of methoxy groups -OCH3 is 1. The van der Waals surface area contributed by atoms with Crippen molar-refractivity contribution in [1.29, 1.82) is 0 Å². The van der Waals surface area contributed by atoms with E-state index in [0.29, 0.717) is 22.6 Å². The molecule has 1 unspecified atom stereocenters. The highest BCUT2D eigenvalue weighted by atomic mass is 19.1. The number of carbonyl (C=O) groups is 1. The van der Waals surface area contributed by atoms with Gasteiger partial charge in [0.05, 0.1) is 17.7 Å². The van der Waals surface area contributed by atoms with Gasteiger partial charge in [0.25, 0.3) is 5.69 Å². The highest BCUT2D eigenvalue weighted by Gasteiger charge is 2.30. The van der Waals surface area contributed by atoms with Gasteiger partial charge in [-0.15, -0.1) is 0 Å². The molecule has 3 rings (SSSR count). The monoisotopic (exact) mass is 374 g/mol. The van der Waals surface area contributed by atoms with Crippen molar-refractivity contribution in [3.63, 3.8) is 0 Å². The van der Waals surface area contributed by atoms with Gasteiger partial charge in [-0.1, -0.05) is 17.3 Å². The molecule has 9 heteroatoms. The fraction of sp³-hybridized carbons (Fsp3) is 0.222. The number of nitro groups is 1. The Morgan fingerprint density at radius 3 is 2.89 bits per heavy atom. The van der Waals surface area contributed by atoms with Crippen LogP contribution in [0.3, 0.4) is 0 Å². The third-order valence-corrected chi connectivity index (χ3v) is 3.93. The fourth-order valence-electron chi connectivity index (χ4n) is 2.58. The fourth-order valence-corrected chi connectivity index (χ4v) is 2.58. The van der Waals surface area contributed by atoms with E-state index in [1.54, 1.807) is 6.07 Å². The molecule has 0 spiro atoms. The van der Waals surface area contributed by atoms with Crippen LogP contribution in [0.4, 0.5) is 10.1 Å². The van der Waals surface area contributed by atoms with Gasteiger partial charge in [-0.25, -0.2) is 9.18 Å². The molecule has 0 fully saturated rings. The zero-order chi connectivity index (χ0) is 19.4. The summed E-state index contributed by atoms with van der Waals surface area (Å²) in [6.07, 6.45) is -0.832. The van der Waals surface area contributed by atoms with Crippen LogP contribution in [0.1, 0.15) is 17.5 Å². The third kappa shape index (κ3) is 4.20. The zero-order valence-corrected chi connectivity index (χ0v) is 14.3. The molecule has 0 aliphatic carbocycles. The van der Waals surface area contributed by atoms with E-state index >= 15 is 0 Å².